The summed E-state index contributed by atoms with van der Waals surface area (Å²) in [5.74, 6) is 0.916. The van der Waals surface area contributed by atoms with Crippen molar-refractivity contribution in [3.63, 3.8) is 0 Å². The molecule has 23 heavy (non-hydrogen) atoms. The van der Waals surface area contributed by atoms with Crippen molar-refractivity contribution >= 4 is 15.7 Å². The molecule has 2 aromatic rings. The Morgan fingerprint density at radius 1 is 1.39 bits per heavy atom. The number of sulfone groups is 1. The largest absolute Gasteiger partial charge is 0.391 e. The van der Waals surface area contributed by atoms with E-state index >= 15 is 0 Å². The molecule has 1 aliphatic rings. The molecule has 1 aliphatic carbocycles. The summed E-state index contributed by atoms with van der Waals surface area (Å²) in [6.07, 6.45) is 7.22. The van der Waals surface area contributed by atoms with Crippen molar-refractivity contribution in [3.8, 4) is 0 Å². The fourth-order valence-electron chi connectivity index (χ4n) is 2.97. The van der Waals surface area contributed by atoms with Crippen molar-refractivity contribution in [1.82, 2.24) is 14.8 Å². The Morgan fingerprint density at radius 3 is 2.83 bits per heavy atom. The highest BCUT2D eigenvalue weighted by Gasteiger charge is 2.33. The summed E-state index contributed by atoms with van der Waals surface area (Å²) in [6.45, 7) is 0.780. The van der Waals surface area contributed by atoms with Crippen molar-refractivity contribution in [3.05, 3.63) is 36.8 Å². The first kappa shape index (κ1) is 15.9. The Balaban J connectivity index is 1.61. The number of rotatable bonds is 5. The highest BCUT2D eigenvalue weighted by molar-refractivity contribution is 7.90. The lowest BCUT2D eigenvalue weighted by atomic mass is 10.1. The molecule has 1 unspecified atom stereocenters. The van der Waals surface area contributed by atoms with Gasteiger partial charge in [-0.25, -0.2) is 13.4 Å². The van der Waals surface area contributed by atoms with Gasteiger partial charge in [0.15, 0.2) is 9.84 Å². The molecule has 0 aliphatic heterocycles. The van der Waals surface area contributed by atoms with Crippen LogP contribution in [0, 0.1) is 5.92 Å². The Kier molecular flexibility index (Phi) is 4.36. The van der Waals surface area contributed by atoms with Gasteiger partial charge in [-0.2, -0.15) is 5.10 Å². The fraction of sp³-hybridized carbons (Fsp3) is 0.467. The first-order valence-electron chi connectivity index (χ1n) is 7.50. The van der Waals surface area contributed by atoms with Crippen molar-refractivity contribution in [2.75, 3.05) is 11.6 Å². The van der Waals surface area contributed by atoms with Gasteiger partial charge < -0.3 is 10.4 Å². The van der Waals surface area contributed by atoms with Gasteiger partial charge in [0.25, 0.3) is 0 Å². The summed E-state index contributed by atoms with van der Waals surface area (Å²) in [5, 5.41) is 17.6. The van der Waals surface area contributed by atoms with Gasteiger partial charge >= 0.3 is 0 Å². The highest BCUT2D eigenvalue weighted by atomic mass is 32.2. The van der Waals surface area contributed by atoms with E-state index in [-0.39, 0.29) is 10.9 Å². The van der Waals surface area contributed by atoms with E-state index in [1.807, 2.05) is 16.9 Å². The van der Waals surface area contributed by atoms with Gasteiger partial charge in [-0.3, -0.25) is 4.68 Å². The minimum absolute atomic E-state index is 0.0906. The summed E-state index contributed by atoms with van der Waals surface area (Å²) in [6, 6.07) is 4.94. The smallest absolute Gasteiger partial charge is 0.177 e. The number of anilines is 1. The van der Waals surface area contributed by atoms with Crippen LogP contribution in [0.25, 0.3) is 0 Å². The molecule has 3 atom stereocenters. The van der Waals surface area contributed by atoms with E-state index in [9.17, 15) is 13.5 Å². The first-order chi connectivity index (χ1) is 10.9. The molecule has 0 radical (unpaired) electrons. The third-order valence-electron chi connectivity index (χ3n) is 4.13. The summed E-state index contributed by atoms with van der Waals surface area (Å²) in [4.78, 5) is 4.31. The lowest BCUT2D eigenvalue weighted by Gasteiger charge is -2.17. The molecule has 7 nitrogen and oxygen atoms in total. The second-order valence-corrected chi connectivity index (χ2v) is 8.05. The fourth-order valence-corrected chi connectivity index (χ4v) is 3.53. The zero-order valence-electron chi connectivity index (χ0n) is 12.8. The van der Waals surface area contributed by atoms with Crippen molar-refractivity contribution in [2.45, 2.75) is 36.4 Å². The van der Waals surface area contributed by atoms with Crippen LogP contribution in [0.15, 0.2) is 41.7 Å². The number of aromatic nitrogens is 3. The van der Waals surface area contributed by atoms with Gasteiger partial charge in [0.2, 0.25) is 0 Å². The molecule has 0 aromatic carbocycles. The van der Waals surface area contributed by atoms with E-state index in [2.05, 4.69) is 15.4 Å². The molecule has 2 heterocycles. The third-order valence-corrected chi connectivity index (χ3v) is 5.23. The van der Waals surface area contributed by atoms with Crippen LogP contribution in [-0.2, 0) is 16.4 Å². The lowest BCUT2D eigenvalue weighted by Crippen LogP contribution is -2.28. The molecule has 8 heteroatoms. The van der Waals surface area contributed by atoms with Gasteiger partial charge in [-0.1, -0.05) is 0 Å². The molecule has 3 rings (SSSR count). The lowest BCUT2D eigenvalue weighted by molar-refractivity contribution is 0.166. The number of pyridine rings is 1. The Hall–Kier alpha value is -1.93. The van der Waals surface area contributed by atoms with Gasteiger partial charge in [0.05, 0.1) is 17.0 Å². The van der Waals surface area contributed by atoms with E-state index in [1.54, 1.807) is 12.3 Å². The van der Waals surface area contributed by atoms with Crippen LogP contribution >= 0.6 is 0 Å². The maximum absolute atomic E-state index is 11.4. The van der Waals surface area contributed by atoms with Crippen LogP contribution in [0.2, 0.25) is 0 Å². The van der Waals surface area contributed by atoms with E-state index in [0.29, 0.717) is 18.2 Å². The molecular formula is C15H20N4O3S. The Labute approximate surface area is 135 Å². The SMILES string of the molecule is CS(=O)(=O)c1ccc(N[C@@H]2CC(Cn3cccn3)C[C@H]2O)nc1. The number of hydrogen-bond donors (Lipinski definition) is 2. The number of hydrogen-bond acceptors (Lipinski definition) is 6. The van der Waals surface area contributed by atoms with E-state index in [4.69, 9.17) is 0 Å². The van der Waals surface area contributed by atoms with Gasteiger partial charge in [-0.05, 0) is 37.0 Å². The van der Waals surface area contributed by atoms with Crippen LogP contribution in [0.3, 0.4) is 0 Å². The molecule has 0 amide bonds. The highest BCUT2D eigenvalue weighted by Crippen LogP contribution is 2.29. The van der Waals surface area contributed by atoms with E-state index < -0.39 is 15.9 Å². The summed E-state index contributed by atoms with van der Waals surface area (Å²) < 4.78 is 24.7. The standard InChI is InChI=1S/C15H20N4O3S/c1-23(21,22)12-3-4-15(16-9-12)18-13-7-11(8-14(13)20)10-19-6-2-5-17-19/h2-6,9,11,13-14,20H,7-8,10H2,1H3,(H,16,18)/t11?,13-,14-/m1/s1. The van der Waals surface area contributed by atoms with Gasteiger partial charge in [0, 0.05) is 31.4 Å². The van der Waals surface area contributed by atoms with Crippen LogP contribution in [0.4, 0.5) is 5.82 Å². The zero-order valence-corrected chi connectivity index (χ0v) is 13.6. The monoisotopic (exact) mass is 336 g/mol. The Morgan fingerprint density at radius 2 is 2.22 bits per heavy atom. The average molecular weight is 336 g/mol. The maximum Gasteiger partial charge on any atom is 0.177 e. The van der Waals surface area contributed by atoms with Crippen LogP contribution in [-0.4, -0.2) is 46.7 Å². The summed E-state index contributed by atoms with van der Waals surface area (Å²) in [5.41, 5.74) is 0. The van der Waals surface area contributed by atoms with E-state index in [0.717, 1.165) is 19.2 Å². The van der Waals surface area contributed by atoms with Crippen molar-refractivity contribution in [1.29, 1.82) is 0 Å². The molecule has 0 saturated heterocycles. The van der Waals surface area contributed by atoms with Crippen molar-refractivity contribution in [2.24, 2.45) is 5.92 Å². The minimum atomic E-state index is -3.24. The Bertz CT molecular complexity index is 744. The van der Waals surface area contributed by atoms with Gasteiger partial charge in [-0.15, -0.1) is 0 Å². The topological polar surface area (TPSA) is 97.1 Å². The molecule has 2 aromatic heterocycles. The van der Waals surface area contributed by atoms with Crippen molar-refractivity contribution < 1.29 is 13.5 Å². The second-order valence-electron chi connectivity index (χ2n) is 6.04. The third kappa shape index (κ3) is 3.89. The summed E-state index contributed by atoms with van der Waals surface area (Å²) >= 11 is 0. The zero-order chi connectivity index (χ0) is 16.4. The first-order valence-corrected chi connectivity index (χ1v) is 9.39. The molecule has 124 valence electrons. The number of nitrogens with one attached hydrogen (secondary N) is 1. The normalized spacial score (nSPS) is 24.7. The van der Waals surface area contributed by atoms with Crippen LogP contribution in [0.5, 0.6) is 0 Å². The number of aliphatic hydroxyl groups excluding tert-OH is 1. The minimum Gasteiger partial charge on any atom is -0.391 e. The second kappa shape index (κ2) is 6.29. The predicted octanol–water partition coefficient (Wildman–Crippen LogP) is 0.933. The molecule has 1 fully saturated rings. The van der Waals surface area contributed by atoms with E-state index in [1.165, 1.54) is 12.3 Å². The van der Waals surface area contributed by atoms with Crippen LogP contribution in [0.1, 0.15) is 12.8 Å². The molecule has 2 N–H and O–H groups in total. The van der Waals surface area contributed by atoms with Crippen LogP contribution < -0.4 is 5.32 Å². The number of nitrogens with zero attached hydrogens (tertiary/aromatic N) is 3. The van der Waals surface area contributed by atoms with Gasteiger partial charge in [0.1, 0.15) is 5.82 Å². The maximum atomic E-state index is 11.4. The quantitative estimate of drug-likeness (QED) is 0.843. The number of aliphatic hydroxyl groups is 1. The summed E-state index contributed by atoms with van der Waals surface area (Å²) in [7, 11) is -3.24. The molecular weight excluding hydrogens is 316 g/mol. The molecule has 1 saturated carbocycles. The molecule has 0 bridgehead atoms. The average Bonchev–Trinajstić information content (AvgIpc) is 3.10. The predicted molar refractivity (Wildman–Crippen MR) is 85.7 cm³/mol. The molecule has 0 spiro atoms.